The molecule has 1 aromatic rings. The van der Waals surface area contributed by atoms with Crippen molar-refractivity contribution in [1.82, 2.24) is 5.06 Å². The summed E-state index contributed by atoms with van der Waals surface area (Å²) in [7, 11) is 0. The Labute approximate surface area is 101 Å². The maximum Gasteiger partial charge on any atom is 0.269 e. The summed E-state index contributed by atoms with van der Waals surface area (Å²) in [5.74, 6) is 0. The molecule has 1 aromatic carbocycles. The Kier molecular flexibility index (Phi) is 5.59. The van der Waals surface area contributed by atoms with Gasteiger partial charge in [0.05, 0.1) is 11.5 Å². The van der Waals surface area contributed by atoms with E-state index in [0.29, 0.717) is 6.54 Å². The number of nitro benzene ring substituents is 1. The first-order valence-electron chi connectivity index (χ1n) is 5.87. The molecule has 1 aliphatic rings. The highest BCUT2D eigenvalue weighted by Gasteiger charge is 2.13. The van der Waals surface area contributed by atoms with E-state index in [1.807, 2.05) is 18.9 Å². The second-order valence-corrected chi connectivity index (χ2v) is 3.47. The fraction of sp³-hybridized carbons (Fsp3) is 0.500. The van der Waals surface area contributed by atoms with Gasteiger partial charge in [0.25, 0.3) is 5.69 Å². The van der Waals surface area contributed by atoms with Gasteiger partial charge in [0.15, 0.2) is 0 Å². The first-order valence-corrected chi connectivity index (χ1v) is 5.87. The van der Waals surface area contributed by atoms with Gasteiger partial charge in [0.2, 0.25) is 0 Å². The largest absolute Gasteiger partial charge is 0.299 e. The Morgan fingerprint density at radius 3 is 2.47 bits per heavy atom. The lowest BCUT2D eigenvalue weighted by atomic mass is 10.2. The first-order chi connectivity index (χ1) is 8.25. The number of benzene rings is 1. The van der Waals surface area contributed by atoms with Gasteiger partial charge < -0.3 is 0 Å². The maximum absolute atomic E-state index is 10.4. The summed E-state index contributed by atoms with van der Waals surface area (Å²) in [5.41, 5.74) is 1.16. The molecule has 5 heteroatoms. The van der Waals surface area contributed by atoms with Crippen LogP contribution in [-0.2, 0) is 11.4 Å². The van der Waals surface area contributed by atoms with E-state index < -0.39 is 4.92 Å². The lowest BCUT2D eigenvalue weighted by molar-refractivity contribution is -0.384. The zero-order chi connectivity index (χ0) is 12.7. The van der Waals surface area contributed by atoms with Gasteiger partial charge >= 0.3 is 0 Å². The Bertz CT molecular complexity index is 345. The zero-order valence-electron chi connectivity index (χ0n) is 10.3. The molecule has 0 spiro atoms. The van der Waals surface area contributed by atoms with Crippen LogP contribution in [-0.4, -0.2) is 23.1 Å². The van der Waals surface area contributed by atoms with Crippen molar-refractivity contribution in [2.75, 3.05) is 13.2 Å². The van der Waals surface area contributed by atoms with Crippen molar-refractivity contribution in [1.29, 1.82) is 0 Å². The van der Waals surface area contributed by atoms with Crippen LogP contribution < -0.4 is 0 Å². The minimum absolute atomic E-state index is 0.126. The summed E-state index contributed by atoms with van der Waals surface area (Å²) in [4.78, 5) is 15.4. The Balaban J connectivity index is 0.000000686. The predicted molar refractivity (Wildman–Crippen MR) is 65.4 cm³/mol. The summed E-state index contributed by atoms with van der Waals surface area (Å²) in [6.07, 6.45) is 1.05. The highest BCUT2D eigenvalue weighted by atomic mass is 16.7. The number of hydrogen-bond donors (Lipinski definition) is 0. The number of nitrogens with zero attached hydrogens (tertiary/aromatic N) is 2. The SMILES string of the molecule is CC.O=[N+]([O-])c1ccc(CN2CCCO2)cc1. The van der Waals surface area contributed by atoms with E-state index in [1.54, 1.807) is 12.1 Å². The van der Waals surface area contributed by atoms with Crippen LogP contribution in [0.5, 0.6) is 0 Å². The number of rotatable bonds is 3. The Hall–Kier alpha value is -1.46. The number of nitro groups is 1. The van der Waals surface area contributed by atoms with Crippen molar-refractivity contribution in [3.8, 4) is 0 Å². The summed E-state index contributed by atoms with van der Waals surface area (Å²) in [5, 5.41) is 12.3. The molecule has 1 heterocycles. The van der Waals surface area contributed by atoms with Crippen molar-refractivity contribution in [3.05, 3.63) is 39.9 Å². The molecule has 0 unspecified atom stereocenters. The summed E-state index contributed by atoms with van der Waals surface area (Å²) in [6.45, 7) is 6.39. The summed E-state index contributed by atoms with van der Waals surface area (Å²) < 4.78 is 0. The van der Waals surface area contributed by atoms with Gasteiger partial charge in [-0.05, 0) is 12.0 Å². The molecule has 1 aliphatic heterocycles. The molecule has 94 valence electrons. The van der Waals surface area contributed by atoms with E-state index in [4.69, 9.17) is 4.84 Å². The number of hydroxylamine groups is 2. The normalized spacial score (nSPS) is 15.2. The molecule has 17 heavy (non-hydrogen) atoms. The smallest absolute Gasteiger partial charge is 0.269 e. The number of hydrogen-bond acceptors (Lipinski definition) is 4. The van der Waals surface area contributed by atoms with E-state index in [-0.39, 0.29) is 5.69 Å². The van der Waals surface area contributed by atoms with E-state index in [0.717, 1.165) is 25.1 Å². The van der Waals surface area contributed by atoms with Crippen LogP contribution in [0, 0.1) is 10.1 Å². The fourth-order valence-electron chi connectivity index (χ4n) is 1.55. The van der Waals surface area contributed by atoms with Gasteiger partial charge in [-0.15, -0.1) is 0 Å². The molecular weight excluding hydrogens is 220 g/mol. The minimum atomic E-state index is -0.393. The molecule has 5 nitrogen and oxygen atoms in total. The quantitative estimate of drug-likeness (QED) is 0.600. The average molecular weight is 238 g/mol. The van der Waals surface area contributed by atoms with Gasteiger partial charge in [-0.3, -0.25) is 15.0 Å². The standard InChI is InChI=1S/C10H12N2O3.C2H6/c13-12(14)10-4-2-9(3-5-10)8-11-6-1-7-15-11;1-2/h2-5H,1,6-8H2;1-2H3. The molecular formula is C12H18N2O3. The van der Waals surface area contributed by atoms with Crippen molar-refractivity contribution >= 4 is 5.69 Å². The van der Waals surface area contributed by atoms with E-state index in [2.05, 4.69) is 0 Å². The van der Waals surface area contributed by atoms with Crippen LogP contribution in [0.1, 0.15) is 25.8 Å². The van der Waals surface area contributed by atoms with Gasteiger partial charge in [0, 0.05) is 25.2 Å². The molecule has 2 rings (SSSR count). The van der Waals surface area contributed by atoms with Gasteiger partial charge in [0.1, 0.15) is 0 Å². The molecule has 0 saturated carbocycles. The molecule has 0 aromatic heterocycles. The Morgan fingerprint density at radius 2 is 2.00 bits per heavy atom. The van der Waals surface area contributed by atoms with E-state index in [9.17, 15) is 10.1 Å². The molecule has 0 amide bonds. The molecule has 0 atom stereocenters. The topological polar surface area (TPSA) is 55.6 Å². The highest BCUT2D eigenvalue weighted by Crippen LogP contribution is 2.15. The van der Waals surface area contributed by atoms with Crippen LogP contribution in [0.4, 0.5) is 5.69 Å². The zero-order valence-corrected chi connectivity index (χ0v) is 10.3. The van der Waals surface area contributed by atoms with Crippen LogP contribution >= 0.6 is 0 Å². The van der Waals surface area contributed by atoms with Crippen molar-refractivity contribution in [2.45, 2.75) is 26.8 Å². The molecule has 0 N–H and O–H groups in total. The van der Waals surface area contributed by atoms with E-state index >= 15 is 0 Å². The lowest BCUT2D eigenvalue weighted by Crippen LogP contribution is -2.16. The minimum Gasteiger partial charge on any atom is -0.299 e. The van der Waals surface area contributed by atoms with Crippen LogP contribution in [0.3, 0.4) is 0 Å². The average Bonchev–Trinajstić information content (AvgIpc) is 2.85. The fourth-order valence-corrected chi connectivity index (χ4v) is 1.55. The molecule has 1 saturated heterocycles. The maximum atomic E-state index is 10.4. The van der Waals surface area contributed by atoms with Crippen LogP contribution in [0.25, 0.3) is 0 Å². The summed E-state index contributed by atoms with van der Waals surface area (Å²) in [6, 6.07) is 6.57. The van der Waals surface area contributed by atoms with Gasteiger partial charge in [-0.1, -0.05) is 26.0 Å². The Morgan fingerprint density at radius 1 is 1.35 bits per heavy atom. The highest BCUT2D eigenvalue weighted by molar-refractivity contribution is 5.32. The third-order valence-electron chi connectivity index (χ3n) is 2.33. The van der Waals surface area contributed by atoms with Gasteiger partial charge in [-0.25, -0.2) is 0 Å². The number of non-ortho nitro benzene ring substituents is 1. The van der Waals surface area contributed by atoms with Crippen molar-refractivity contribution < 1.29 is 9.76 Å². The van der Waals surface area contributed by atoms with Crippen LogP contribution in [0.2, 0.25) is 0 Å². The molecule has 0 bridgehead atoms. The van der Waals surface area contributed by atoms with Crippen molar-refractivity contribution in [2.24, 2.45) is 0 Å². The predicted octanol–water partition coefficient (Wildman–Crippen LogP) is 2.76. The van der Waals surface area contributed by atoms with Gasteiger partial charge in [-0.2, -0.15) is 5.06 Å². The first kappa shape index (κ1) is 13.6. The molecule has 0 aliphatic carbocycles. The van der Waals surface area contributed by atoms with Crippen molar-refractivity contribution in [3.63, 3.8) is 0 Å². The van der Waals surface area contributed by atoms with E-state index in [1.165, 1.54) is 12.1 Å². The lowest BCUT2D eigenvalue weighted by Gasteiger charge is -2.12. The third kappa shape index (κ3) is 4.13. The second-order valence-electron chi connectivity index (χ2n) is 3.47. The summed E-state index contributed by atoms with van der Waals surface area (Å²) >= 11 is 0. The third-order valence-corrected chi connectivity index (χ3v) is 2.33. The monoisotopic (exact) mass is 238 g/mol. The molecule has 0 radical (unpaired) electrons. The second kappa shape index (κ2) is 6.98. The molecule has 1 fully saturated rings. The van der Waals surface area contributed by atoms with Crippen LogP contribution in [0.15, 0.2) is 24.3 Å².